The third kappa shape index (κ3) is 7.56. The maximum atomic E-state index is 11.7. The van der Waals surface area contributed by atoms with Crippen molar-refractivity contribution in [3.05, 3.63) is 0 Å². The summed E-state index contributed by atoms with van der Waals surface area (Å²) in [5, 5.41) is 6.51. The molecule has 0 aliphatic carbocycles. The van der Waals surface area contributed by atoms with Gasteiger partial charge in [0.2, 0.25) is 10.0 Å². The summed E-state index contributed by atoms with van der Waals surface area (Å²) < 4.78 is 25.0. The molecule has 0 aromatic rings. The highest BCUT2D eigenvalue weighted by molar-refractivity contribution is 14.0. The van der Waals surface area contributed by atoms with Crippen molar-refractivity contribution in [2.24, 2.45) is 4.99 Å². The topological polar surface area (TPSA) is 77.0 Å². The summed E-state index contributed by atoms with van der Waals surface area (Å²) in [4.78, 5) is 6.77. The summed E-state index contributed by atoms with van der Waals surface area (Å²) in [6.07, 6.45) is 5.82. The Kier molecular flexibility index (Phi) is 10.6. The molecule has 2 N–H and O–H groups in total. The van der Waals surface area contributed by atoms with Gasteiger partial charge in [0.05, 0.1) is 5.75 Å². The van der Waals surface area contributed by atoms with Gasteiger partial charge in [-0.3, -0.25) is 4.99 Å². The van der Waals surface area contributed by atoms with Crippen molar-refractivity contribution in [1.82, 2.24) is 19.8 Å². The highest BCUT2D eigenvalue weighted by atomic mass is 127. The number of hydrogen-bond donors (Lipinski definition) is 2. The molecule has 2 aliphatic heterocycles. The molecule has 0 radical (unpaired) electrons. The molecule has 7 nitrogen and oxygen atoms in total. The van der Waals surface area contributed by atoms with Crippen LogP contribution in [0.5, 0.6) is 0 Å². The Morgan fingerprint density at radius 2 is 1.88 bits per heavy atom. The molecule has 1 unspecified atom stereocenters. The lowest BCUT2D eigenvalue weighted by Crippen LogP contribution is -2.43. The fourth-order valence-corrected chi connectivity index (χ4v) is 4.97. The van der Waals surface area contributed by atoms with Crippen molar-refractivity contribution in [1.29, 1.82) is 0 Å². The molecule has 0 amide bonds. The minimum atomic E-state index is -3.00. The van der Waals surface area contributed by atoms with E-state index in [0.29, 0.717) is 25.7 Å². The van der Waals surface area contributed by atoms with E-state index in [1.54, 1.807) is 11.4 Å². The van der Waals surface area contributed by atoms with Crippen molar-refractivity contribution in [2.75, 3.05) is 52.1 Å². The van der Waals surface area contributed by atoms with Gasteiger partial charge in [-0.2, -0.15) is 0 Å². The molecule has 1 atom stereocenters. The van der Waals surface area contributed by atoms with Crippen LogP contribution in [-0.2, 0) is 10.0 Å². The van der Waals surface area contributed by atoms with Crippen LogP contribution in [0.1, 0.15) is 39.0 Å². The fraction of sp³-hybridized carbons (Fsp3) is 0.938. The quantitative estimate of drug-likeness (QED) is 0.243. The number of hydrogen-bond acceptors (Lipinski definition) is 4. The summed E-state index contributed by atoms with van der Waals surface area (Å²) in [6.45, 7) is 7.28. The van der Waals surface area contributed by atoms with Crippen LogP contribution in [0.15, 0.2) is 4.99 Å². The number of nitrogens with one attached hydrogen (secondary N) is 2. The summed E-state index contributed by atoms with van der Waals surface area (Å²) in [5.74, 6) is 1.04. The summed E-state index contributed by atoms with van der Waals surface area (Å²) >= 11 is 0. The number of guanidine groups is 1. The van der Waals surface area contributed by atoms with E-state index in [9.17, 15) is 8.42 Å². The molecule has 2 saturated heterocycles. The van der Waals surface area contributed by atoms with Crippen molar-refractivity contribution in [3.63, 3.8) is 0 Å². The van der Waals surface area contributed by atoms with E-state index < -0.39 is 10.0 Å². The maximum absolute atomic E-state index is 11.7. The Morgan fingerprint density at radius 3 is 2.52 bits per heavy atom. The van der Waals surface area contributed by atoms with Crippen LogP contribution >= 0.6 is 24.0 Å². The number of halogens is 1. The average molecular weight is 487 g/mol. The van der Waals surface area contributed by atoms with E-state index in [4.69, 9.17) is 0 Å². The van der Waals surface area contributed by atoms with Crippen LogP contribution in [0.4, 0.5) is 0 Å². The third-order valence-electron chi connectivity index (χ3n) is 4.94. The standard InChI is InChI=1S/C16H33N5O2S.HI/c1-15-7-3-4-10-20(15)11-5-8-18-16(17-2)19-9-13-21-12-6-14-24(21,22)23;/h15H,3-14H2,1-2H3,(H2,17,18,19);1H. The molecular weight excluding hydrogens is 453 g/mol. The van der Waals surface area contributed by atoms with Crippen molar-refractivity contribution >= 4 is 40.0 Å². The number of rotatable bonds is 7. The number of likely N-dealkylation sites (tertiary alicyclic amines) is 1. The van der Waals surface area contributed by atoms with E-state index >= 15 is 0 Å². The van der Waals surface area contributed by atoms with E-state index in [1.807, 2.05) is 0 Å². The summed E-state index contributed by atoms with van der Waals surface area (Å²) in [5.41, 5.74) is 0. The molecule has 2 fully saturated rings. The molecule has 0 spiro atoms. The van der Waals surface area contributed by atoms with E-state index in [1.165, 1.54) is 25.8 Å². The Morgan fingerprint density at radius 1 is 1.12 bits per heavy atom. The number of aliphatic imine (C=N–C) groups is 1. The van der Waals surface area contributed by atoms with Gasteiger partial charge in [-0.25, -0.2) is 12.7 Å². The molecule has 0 aromatic heterocycles. The average Bonchev–Trinajstić information content (AvgIpc) is 2.90. The molecule has 0 bridgehead atoms. The zero-order valence-corrected chi connectivity index (χ0v) is 18.7. The lowest BCUT2D eigenvalue weighted by Gasteiger charge is -2.33. The highest BCUT2D eigenvalue weighted by Gasteiger charge is 2.27. The van der Waals surface area contributed by atoms with Crippen molar-refractivity contribution < 1.29 is 8.42 Å². The van der Waals surface area contributed by atoms with Gasteiger partial charge in [0, 0.05) is 45.8 Å². The number of nitrogens with zero attached hydrogens (tertiary/aromatic N) is 3. The lowest BCUT2D eigenvalue weighted by molar-refractivity contribution is 0.159. The molecule has 0 aromatic carbocycles. The van der Waals surface area contributed by atoms with Gasteiger partial charge in [0.1, 0.15) is 0 Å². The van der Waals surface area contributed by atoms with Gasteiger partial charge in [0.25, 0.3) is 0 Å². The van der Waals surface area contributed by atoms with Gasteiger partial charge in [0.15, 0.2) is 5.96 Å². The first-order chi connectivity index (χ1) is 11.5. The molecular formula is C16H34IN5O2S. The van der Waals surface area contributed by atoms with Gasteiger partial charge in [-0.15, -0.1) is 24.0 Å². The Labute approximate surface area is 170 Å². The smallest absolute Gasteiger partial charge is 0.214 e. The Balaban J connectivity index is 0.00000312. The number of piperidine rings is 1. The predicted molar refractivity (Wildman–Crippen MR) is 114 cm³/mol. The molecule has 2 heterocycles. The summed E-state index contributed by atoms with van der Waals surface area (Å²) in [6, 6.07) is 0.707. The van der Waals surface area contributed by atoms with E-state index in [0.717, 1.165) is 31.9 Å². The van der Waals surface area contributed by atoms with Gasteiger partial charge in [-0.05, 0) is 39.2 Å². The summed E-state index contributed by atoms with van der Waals surface area (Å²) in [7, 11) is -1.26. The third-order valence-corrected chi connectivity index (χ3v) is 6.89. The van der Waals surface area contributed by atoms with Crippen LogP contribution < -0.4 is 10.6 Å². The molecule has 148 valence electrons. The van der Waals surface area contributed by atoms with Crippen LogP contribution in [0, 0.1) is 0 Å². The molecule has 9 heteroatoms. The zero-order valence-electron chi connectivity index (χ0n) is 15.5. The monoisotopic (exact) mass is 487 g/mol. The number of sulfonamides is 1. The first-order valence-electron chi connectivity index (χ1n) is 9.19. The van der Waals surface area contributed by atoms with E-state index in [2.05, 4.69) is 27.4 Å². The first kappa shape index (κ1) is 22.9. The van der Waals surface area contributed by atoms with Crippen LogP contribution in [0.25, 0.3) is 0 Å². The lowest BCUT2D eigenvalue weighted by atomic mass is 10.0. The minimum absolute atomic E-state index is 0. The van der Waals surface area contributed by atoms with Gasteiger partial charge >= 0.3 is 0 Å². The second-order valence-corrected chi connectivity index (χ2v) is 8.82. The highest BCUT2D eigenvalue weighted by Crippen LogP contribution is 2.16. The Bertz CT molecular complexity index is 515. The molecule has 2 rings (SSSR count). The SMILES string of the molecule is CN=C(NCCCN1CCCCC1C)NCCN1CCCS1(=O)=O.I. The molecule has 25 heavy (non-hydrogen) atoms. The first-order valence-corrected chi connectivity index (χ1v) is 10.8. The zero-order chi connectivity index (χ0) is 17.4. The van der Waals surface area contributed by atoms with Gasteiger partial charge in [-0.1, -0.05) is 6.42 Å². The Hall–Kier alpha value is -0.130. The van der Waals surface area contributed by atoms with E-state index in [-0.39, 0.29) is 29.7 Å². The van der Waals surface area contributed by atoms with Crippen LogP contribution in [-0.4, -0.2) is 81.7 Å². The minimum Gasteiger partial charge on any atom is -0.356 e. The largest absolute Gasteiger partial charge is 0.356 e. The normalized spacial score (nSPS) is 24.7. The molecule has 2 aliphatic rings. The molecule has 0 saturated carbocycles. The second kappa shape index (κ2) is 11.6. The van der Waals surface area contributed by atoms with Crippen molar-refractivity contribution in [2.45, 2.75) is 45.1 Å². The van der Waals surface area contributed by atoms with Crippen molar-refractivity contribution in [3.8, 4) is 0 Å². The fourth-order valence-electron chi connectivity index (χ4n) is 3.44. The second-order valence-electron chi connectivity index (χ2n) is 6.73. The predicted octanol–water partition coefficient (Wildman–Crippen LogP) is 1.07. The van der Waals surface area contributed by atoms with Gasteiger partial charge < -0.3 is 15.5 Å². The van der Waals surface area contributed by atoms with Crippen LogP contribution in [0.2, 0.25) is 0 Å². The maximum Gasteiger partial charge on any atom is 0.214 e. The van der Waals surface area contributed by atoms with Crippen LogP contribution in [0.3, 0.4) is 0 Å².